The van der Waals surface area contributed by atoms with Gasteiger partial charge in [-0.1, -0.05) is 0 Å². The number of carbonyl (C=O) groups excluding carboxylic acids is 1. The second-order valence-electron chi connectivity index (χ2n) is 5.21. The second kappa shape index (κ2) is 5.03. The predicted octanol–water partition coefficient (Wildman–Crippen LogP) is 0.888. The summed E-state index contributed by atoms with van der Waals surface area (Å²) in [5.74, 6) is 1.44. The highest BCUT2D eigenvalue weighted by molar-refractivity contribution is 5.89. The molecular weight excluding hydrogens is 256 g/mol. The molecule has 3 rings (SSSR count). The smallest absolute Gasteiger partial charge is 0.220 e. The lowest BCUT2D eigenvalue weighted by Gasteiger charge is -2.34. The van der Waals surface area contributed by atoms with Gasteiger partial charge in [0.15, 0.2) is 0 Å². The van der Waals surface area contributed by atoms with Crippen LogP contribution < -0.4 is 16.2 Å². The summed E-state index contributed by atoms with van der Waals surface area (Å²) in [7, 11) is 0. The number of nitrogens with two attached hydrogens (primary N) is 2. The first-order valence-electron chi connectivity index (χ1n) is 6.77. The van der Waals surface area contributed by atoms with E-state index in [9.17, 15) is 4.79 Å². The van der Waals surface area contributed by atoms with E-state index in [4.69, 9.17) is 16.2 Å². The van der Waals surface area contributed by atoms with Crippen molar-refractivity contribution in [3.05, 3.63) is 18.2 Å². The summed E-state index contributed by atoms with van der Waals surface area (Å²) in [5, 5.41) is 0. The lowest BCUT2D eigenvalue weighted by Crippen LogP contribution is -2.44. The van der Waals surface area contributed by atoms with Crippen LogP contribution in [-0.4, -0.2) is 36.3 Å². The van der Waals surface area contributed by atoms with Crippen molar-refractivity contribution in [2.75, 3.05) is 25.4 Å². The van der Waals surface area contributed by atoms with Gasteiger partial charge in [-0.2, -0.15) is 0 Å². The topological polar surface area (TPSA) is 93.9 Å². The van der Waals surface area contributed by atoms with Crippen LogP contribution in [-0.2, 0) is 4.79 Å². The van der Waals surface area contributed by atoms with E-state index in [1.807, 2.05) is 12.1 Å². The number of carbonyl (C=O) groups is 1. The van der Waals surface area contributed by atoms with E-state index in [0.29, 0.717) is 12.3 Å². The third-order valence-electron chi connectivity index (χ3n) is 3.85. The predicted molar refractivity (Wildman–Crippen MR) is 76.9 cm³/mol. The number of nitrogens with zero attached hydrogens (tertiary/aromatic N) is 2. The van der Waals surface area contributed by atoms with Gasteiger partial charge in [-0.15, -0.1) is 0 Å². The van der Waals surface area contributed by atoms with E-state index in [1.165, 1.54) is 0 Å². The molecule has 6 heteroatoms. The van der Waals surface area contributed by atoms with Crippen molar-refractivity contribution >= 4 is 23.1 Å². The Hall–Kier alpha value is -2.24. The fourth-order valence-corrected chi connectivity index (χ4v) is 2.64. The monoisotopic (exact) mass is 274 g/mol. The van der Waals surface area contributed by atoms with E-state index in [2.05, 4.69) is 9.89 Å². The van der Waals surface area contributed by atoms with Crippen LogP contribution in [0.15, 0.2) is 23.2 Å². The molecule has 1 saturated heterocycles. The summed E-state index contributed by atoms with van der Waals surface area (Å²) in [6.07, 6.45) is 1.55. The number of ether oxygens (including phenoxy) is 1. The zero-order chi connectivity index (χ0) is 14.1. The Morgan fingerprint density at radius 3 is 2.80 bits per heavy atom. The van der Waals surface area contributed by atoms with Gasteiger partial charge < -0.3 is 21.1 Å². The normalized spacial score (nSPS) is 19.0. The van der Waals surface area contributed by atoms with Crippen molar-refractivity contribution < 1.29 is 9.53 Å². The van der Waals surface area contributed by atoms with E-state index in [-0.39, 0.29) is 11.8 Å². The van der Waals surface area contributed by atoms with Crippen molar-refractivity contribution in [1.82, 2.24) is 4.90 Å². The van der Waals surface area contributed by atoms with Gasteiger partial charge in [-0.3, -0.25) is 4.79 Å². The summed E-state index contributed by atoms with van der Waals surface area (Å²) in [6, 6.07) is 5.45. The molecule has 0 unspecified atom stereocenters. The number of nitrogen functional groups attached to an aromatic ring is 1. The van der Waals surface area contributed by atoms with Crippen molar-refractivity contribution in [2.24, 2.45) is 16.6 Å². The number of piperidine rings is 1. The Labute approximate surface area is 117 Å². The van der Waals surface area contributed by atoms with Crippen LogP contribution in [0.25, 0.3) is 0 Å². The van der Waals surface area contributed by atoms with Crippen molar-refractivity contribution in [3.63, 3.8) is 0 Å². The number of benzene rings is 1. The molecule has 0 aliphatic carbocycles. The number of rotatable bonds is 1. The standard InChI is InChI=1S/C14H18N4O2/c15-10-1-2-12-11(7-10)17-13(8-20-12)18-5-3-9(4-6-18)14(16)19/h1-2,7,9H,3-6,8,15H2,(H2,16,19). The zero-order valence-electron chi connectivity index (χ0n) is 11.2. The van der Waals surface area contributed by atoms with Crippen LogP contribution in [0.2, 0.25) is 0 Å². The van der Waals surface area contributed by atoms with Crippen LogP contribution in [0.5, 0.6) is 5.75 Å². The molecule has 1 aromatic rings. The van der Waals surface area contributed by atoms with Gasteiger partial charge in [0.1, 0.15) is 23.9 Å². The molecule has 2 aliphatic heterocycles. The van der Waals surface area contributed by atoms with Crippen LogP contribution in [0, 0.1) is 5.92 Å². The van der Waals surface area contributed by atoms with E-state index in [0.717, 1.165) is 43.2 Å². The maximum absolute atomic E-state index is 11.2. The van der Waals surface area contributed by atoms with Gasteiger partial charge in [-0.05, 0) is 31.0 Å². The average Bonchev–Trinajstić information content (AvgIpc) is 2.46. The van der Waals surface area contributed by atoms with Crippen molar-refractivity contribution in [1.29, 1.82) is 0 Å². The molecule has 20 heavy (non-hydrogen) atoms. The summed E-state index contributed by atoms with van der Waals surface area (Å²) < 4.78 is 5.70. The molecule has 0 spiro atoms. The molecule has 1 fully saturated rings. The summed E-state index contributed by atoms with van der Waals surface area (Å²) >= 11 is 0. The minimum Gasteiger partial charge on any atom is -0.483 e. The quantitative estimate of drug-likeness (QED) is 0.744. The summed E-state index contributed by atoms with van der Waals surface area (Å²) in [4.78, 5) is 18.0. The molecule has 0 saturated carbocycles. The Kier molecular flexibility index (Phi) is 3.22. The maximum Gasteiger partial charge on any atom is 0.220 e. The Balaban J connectivity index is 1.74. The minimum atomic E-state index is -0.204. The molecule has 0 atom stereocenters. The number of aliphatic imine (C=N–C) groups is 1. The van der Waals surface area contributed by atoms with Crippen molar-refractivity contribution in [3.8, 4) is 5.75 Å². The Bertz CT molecular complexity index is 562. The van der Waals surface area contributed by atoms with Gasteiger partial charge in [-0.25, -0.2) is 4.99 Å². The third kappa shape index (κ3) is 2.41. The Morgan fingerprint density at radius 2 is 2.10 bits per heavy atom. The first kappa shape index (κ1) is 12.8. The number of likely N-dealkylation sites (tertiary alicyclic amines) is 1. The first-order chi connectivity index (χ1) is 9.63. The summed E-state index contributed by atoms with van der Waals surface area (Å²) in [6.45, 7) is 2.03. The highest BCUT2D eigenvalue weighted by Crippen LogP contribution is 2.33. The molecule has 0 bridgehead atoms. The number of primary amides is 1. The largest absolute Gasteiger partial charge is 0.483 e. The van der Waals surface area contributed by atoms with E-state index in [1.54, 1.807) is 6.07 Å². The number of fused-ring (bicyclic) bond motifs is 1. The molecule has 2 heterocycles. The molecule has 106 valence electrons. The minimum absolute atomic E-state index is 0.0145. The van der Waals surface area contributed by atoms with Crippen LogP contribution in [0.3, 0.4) is 0 Å². The molecule has 1 amide bonds. The number of amidine groups is 1. The molecule has 6 nitrogen and oxygen atoms in total. The van der Waals surface area contributed by atoms with Gasteiger partial charge in [0, 0.05) is 24.7 Å². The molecule has 0 aromatic heterocycles. The lowest BCUT2D eigenvalue weighted by atomic mass is 9.96. The number of anilines is 1. The van der Waals surface area contributed by atoms with E-state index >= 15 is 0 Å². The third-order valence-corrected chi connectivity index (χ3v) is 3.85. The SMILES string of the molecule is NC(=O)C1CCN(C2=Nc3cc(N)ccc3OC2)CC1. The van der Waals surface area contributed by atoms with Gasteiger partial charge in [0.2, 0.25) is 5.91 Å². The molecule has 2 aliphatic rings. The summed E-state index contributed by atoms with van der Waals surface area (Å²) in [5.41, 5.74) is 12.6. The molecule has 1 aromatic carbocycles. The number of hydrogen-bond donors (Lipinski definition) is 2. The number of hydrogen-bond acceptors (Lipinski definition) is 5. The maximum atomic E-state index is 11.2. The van der Waals surface area contributed by atoms with Gasteiger partial charge in [0.05, 0.1) is 0 Å². The molecule has 0 radical (unpaired) electrons. The fourth-order valence-electron chi connectivity index (χ4n) is 2.64. The average molecular weight is 274 g/mol. The highest BCUT2D eigenvalue weighted by atomic mass is 16.5. The fraction of sp³-hybridized carbons (Fsp3) is 0.429. The lowest BCUT2D eigenvalue weighted by molar-refractivity contribution is -0.122. The van der Waals surface area contributed by atoms with Crippen molar-refractivity contribution in [2.45, 2.75) is 12.8 Å². The first-order valence-corrected chi connectivity index (χ1v) is 6.77. The van der Waals surface area contributed by atoms with Gasteiger partial charge in [0.25, 0.3) is 0 Å². The zero-order valence-corrected chi connectivity index (χ0v) is 11.2. The van der Waals surface area contributed by atoms with Gasteiger partial charge >= 0.3 is 0 Å². The molecule has 4 N–H and O–H groups in total. The van der Waals surface area contributed by atoms with Crippen LogP contribution >= 0.6 is 0 Å². The van der Waals surface area contributed by atoms with Crippen LogP contribution in [0.1, 0.15) is 12.8 Å². The second-order valence-corrected chi connectivity index (χ2v) is 5.21. The Morgan fingerprint density at radius 1 is 1.35 bits per heavy atom. The number of amides is 1. The molecular formula is C14H18N4O2. The van der Waals surface area contributed by atoms with Crippen LogP contribution in [0.4, 0.5) is 11.4 Å². The highest BCUT2D eigenvalue weighted by Gasteiger charge is 2.26. The van der Waals surface area contributed by atoms with E-state index < -0.39 is 0 Å².